The van der Waals surface area contributed by atoms with E-state index in [-0.39, 0.29) is 0 Å². The molecule has 2 aliphatic rings. The van der Waals surface area contributed by atoms with Crippen molar-refractivity contribution in [3.8, 4) is 0 Å². The van der Waals surface area contributed by atoms with E-state index in [1.807, 2.05) is 0 Å². The topological polar surface area (TPSA) is 15.3 Å². The molecule has 0 radical (unpaired) electrons. The lowest BCUT2D eigenvalue weighted by atomic mass is 10.0. The zero-order chi connectivity index (χ0) is 13.0. The van der Waals surface area contributed by atoms with Crippen LogP contribution in [0, 0.1) is 17.8 Å². The van der Waals surface area contributed by atoms with E-state index in [0.29, 0.717) is 6.04 Å². The minimum Gasteiger partial charge on any atom is -0.312 e. The van der Waals surface area contributed by atoms with Crippen molar-refractivity contribution in [2.45, 2.75) is 58.9 Å². The fraction of sp³-hybridized carbons (Fsp3) is 1.00. The van der Waals surface area contributed by atoms with E-state index in [2.05, 4.69) is 31.0 Å². The molecule has 0 spiro atoms. The van der Waals surface area contributed by atoms with Crippen molar-refractivity contribution in [2.24, 2.45) is 17.8 Å². The molecule has 0 amide bonds. The maximum atomic E-state index is 3.74. The SMILES string of the molecule is CCCNC(CN(CC1CC1)CC1CC1)C(C)C. The molecule has 0 aliphatic heterocycles. The normalized spacial score (nSPS) is 21.8. The second-order valence-electron chi connectivity index (χ2n) is 6.91. The number of nitrogens with one attached hydrogen (secondary N) is 1. The molecule has 0 saturated heterocycles. The van der Waals surface area contributed by atoms with Crippen LogP contribution in [-0.2, 0) is 0 Å². The molecule has 0 bridgehead atoms. The van der Waals surface area contributed by atoms with E-state index >= 15 is 0 Å². The second-order valence-corrected chi connectivity index (χ2v) is 6.91. The summed E-state index contributed by atoms with van der Waals surface area (Å²) in [4.78, 5) is 2.77. The second kappa shape index (κ2) is 6.91. The van der Waals surface area contributed by atoms with Gasteiger partial charge in [0.05, 0.1) is 0 Å². The summed E-state index contributed by atoms with van der Waals surface area (Å²) in [6.07, 6.45) is 7.17. The van der Waals surface area contributed by atoms with Gasteiger partial charge in [-0.05, 0) is 56.4 Å². The summed E-state index contributed by atoms with van der Waals surface area (Å²) < 4.78 is 0. The molecule has 106 valence electrons. The molecule has 1 N–H and O–H groups in total. The standard InChI is InChI=1S/C16H32N2/c1-4-9-17-16(13(2)3)12-18(10-14-5-6-14)11-15-7-8-15/h13-17H,4-12H2,1-3H3. The Labute approximate surface area is 114 Å². The van der Waals surface area contributed by atoms with Crippen LogP contribution in [0.25, 0.3) is 0 Å². The molecule has 0 aromatic carbocycles. The molecule has 18 heavy (non-hydrogen) atoms. The van der Waals surface area contributed by atoms with Crippen LogP contribution in [0.15, 0.2) is 0 Å². The van der Waals surface area contributed by atoms with Gasteiger partial charge in [-0.15, -0.1) is 0 Å². The Morgan fingerprint density at radius 1 is 1.06 bits per heavy atom. The minimum atomic E-state index is 0.683. The molecule has 2 rings (SSSR count). The van der Waals surface area contributed by atoms with Crippen molar-refractivity contribution in [1.82, 2.24) is 10.2 Å². The molecule has 2 aliphatic carbocycles. The molecule has 1 unspecified atom stereocenters. The van der Waals surface area contributed by atoms with E-state index < -0.39 is 0 Å². The number of rotatable bonds is 10. The van der Waals surface area contributed by atoms with Crippen LogP contribution in [-0.4, -0.2) is 37.1 Å². The van der Waals surface area contributed by atoms with E-state index in [1.165, 1.54) is 58.3 Å². The molecule has 1 atom stereocenters. The van der Waals surface area contributed by atoms with Crippen molar-refractivity contribution in [1.29, 1.82) is 0 Å². The maximum absolute atomic E-state index is 3.74. The molecule has 2 fully saturated rings. The highest BCUT2D eigenvalue weighted by atomic mass is 15.2. The Balaban J connectivity index is 1.78. The van der Waals surface area contributed by atoms with Gasteiger partial charge in [-0.25, -0.2) is 0 Å². The molecule has 0 aromatic heterocycles. The summed E-state index contributed by atoms with van der Waals surface area (Å²) in [5, 5.41) is 3.74. The van der Waals surface area contributed by atoms with Gasteiger partial charge in [0.2, 0.25) is 0 Å². The molecular weight excluding hydrogens is 220 g/mol. The third-order valence-electron chi connectivity index (χ3n) is 4.34. The van der Waals surface area contributed by atoms with Crippen LogP contribution < -0.4 is 5.32 Å². The molecule has 2 nitrogen and oxygen atoms in total. The van der Waals surface area contributed by atoms with Crippen LogP contribution in [0.3, 0.4) is 0 Å². The van der Waals surface area contributed by atoms with Crippen LogP contribution in [0.5, 0.6) is 0 Å². The fourth-order valence-corrected chi connectivity index (χ4v) is 2.67. The Bertz CT molecular complexity index is 217. The Hall–Kier alpha value is -0.0800. The predicted molar refractivity (Wildman–Crippen MR) is 78.8 cm³/mol. The number of hydrogen-bond donors (Lipinski definition) is 1. The lowest BCUT2D eigenvalue weighted by Crippen LogP contribution is -2.45. The molecule has 0 aromatic rings. The van der Waals surface area contributed by atoms with Gasteiger partial charge in [-0.2, -0.15) is 0 Å². The number of hydrogen-bond acceptors (Lipinski definition) is 2. The molecule has 2 saturated carbocycles. The van der Waals surface area contributed by atoms with Crippen molar-refractivity contribution < 1.29 is 0 Å². The summed E-state index contributed by atoms with van der Waals surface area (Å²) in [7, 11) is 0. The minimum absolute atomic E-state index is 0.683. The van der Waals surface area contributed by atoms with Gasteiger partial charge in [0.15, 0.2) is 0 Å². The van der Waals surface area contributed by atoms with Crippen molar-refractivity contribution in [3.63, 3.8) is 0 Å². The zero-order valence-electron chi connectivity index (χ0n) is 12.6. The average molecular weight is 252 g/mol. The first-order chi connectivity index (χ1) is 8.69. The van der Waals surface area contributed by atoms with Crippen molar-refractivity contribution >= 4 is 0 Å². The van der Waals surface area contributed by atoms with Gasteiger partial charge in [-0.1, -0.05) is 20.8 Å². The van der Waals surface area contributed by atoms with Crippen LogP contribution in [0.2, 0.25) is 0 Å². The third-order valence-corrected chi connectivity index (χ3v) is 4.34. The van der Waals surface area contributed by atoms with E-state index in [9.17, 15) is 0 Å². The maximum Gasteiger partial charge on any atom is 0.0217 e. The van der Waals surface area contributed by atoms with E-state index in [0.717, 1.165) is 17.8 Å². The lowest BCUT2D eigenvalue weighted by molar-refractivity contribution is 0.203. The van der Waals surface area contributed by atoms with Gasteiger partial charge in [0, 0.05) is 25.7 Å². The fourth-order valence-electron chi connectivity index (χ4n) is 2.67. The van der Waals surface area contributed by atoms with Crippen LogP contribution in [0.4, 0.5) is 0 Å². The van der Waals surface area contributed by atoms with Crippen LogP contribution >= 0.6 is 0 Å². The molecule has 0 heterocycles. The monoisotopic (exact) mass is 252 g/mol. The zero-order valence-corrected chi connectivity index (χ0v) is 12.6. The summed E-state index contributed by atoms with van der Waals surface area (Å²) in [6, 6.07) is 0.683. The summed E-state index contributed by atoms with van der Waals surface area (Å²) in [5.41, 5.74) is 0. The first kappa shape index (κ1) is 14.3. The van der Waals surface area contributed by atoms with E-state index in [4.69, 9.17) is 0 Å². The van der Waals surface area contributed by atoms with Gasteiger partial charge >= 0.3 is 0 Å². The predicted octanol–water partition coefficient (Wildman–Crippen LogP) is 3.13. The van der Waals surface area contributed by atoms with Crippen molar-refractivity contribution in [3.05, 3.63) is 0 Å². The largest absolute Gasteiger partial charge is 0.312 e. The smallest absolute Gasteiger partial charge is 0.0217 e. The highest BCUT2D eigenvalue weighted by molar-refractivity contribution is 4.85. The summed E-state index contributed by atoms with van der Waals surface area (Å²) in [5.74, 6) is 2.81. The summed E-state index contributed by atoms with van der Waals surface area (Å²) in [6.45, 7) is 12.2. The Morgan fingerprint density at radius 3 is 2.00 bits per heavy atom. The Kier molecular flexibility index (Phi) is 5.50. The van der Waals surface area contributed by atoms with Gasteiger partial charge in [0.1, 0.15) is 0 Å². The quantitative estimate of drug-likeness (QED) is 0.642. The first-order valence-corrected chi connectivity index (χ1v) is 8.14. The molecular formula is C16H32N2. The molecule has 2 heteroatoms. The van der Waals surface area contributed by atoms with Crippen LogP contribution in [0.1, 0.15) is 52.9 Å². The van der Waals surface area contributed by atoms with Gasteiger partial charge in [-0.3, -0.25) is 0 Å². The van der Waals surface area contributed by atoms with Gasteiger partial charge in [0.25, 0.3) is 0 Å². The first-order valence-electron chi connectivity index (χ1n) is 8.14. The summed E-state index contributed by atoms with van der Waals surface area (Å²) >= 11 is 0. The number of nitrogens with zero attached hydrogens (tertiary/aromatic N) is 1. The average Bonchev–Trinajstić information content (AvgIpc) is 3.19. The lowest BCUT2D eigenvalue weighted by Gasteiger charge is -2.30. The highest BCUT2D eigenvalue weighted by Gasteiger charge is 2.30. The Morgan fingerprint density at radius 2 is 1.61 bits per heavy atom. The van der Waals surface area contributed by atoms with Crippen molar-refractivity contribution in [2.75, 3.05) is 26.2 Å². The van der Waals surface area contributed by atoms with E-state index in [1.54, 1.807) is 0 Å². The highest BCUT2D eigenvalue weighted by Crippen LogP contribution is 2.33. The van der Waals surface area contributed by atoms with Gasteiger partial charge < -0.3 is 10.2 Å². The third kappa shape index (κ3) is 5.27.